The third-order valence-electron chi connectivity index (χ3n) is 4.62. The van der Waals surface area contributed by atoms with Crippen LogP contribution in [0.4, 0.5) is 4.79 Å². The summed E-state index contributed by atoms with van der Waals surface area (Å²) in [7, 11) is 0. The molecule has 3 heteroatoms. The molecule has 3 rings (SSSR count). The molecule has 25 heavy (non-hydrogen) atoms. The molecular weight excluding hydrogens is 308 g/mol. The molecular formula is C22H26N2O. The number of hydrogen-bond acceptors (Lipinski definition) is 1. The summed E-state index contributed by atoms with van der Waals surface area (Å²) in [5.41, 5.74) is 3.64. The highest BCUT2D eigenvalue weighted by molar-refractivity contribution is 5.75. The Labute approximate surface area is 150 Å². The molecule has 1 fully saturated rings. The number of allylic oxidation sites excluding steroid dienone is 1. The Balaban J connectivity index is 1.69. The average molecular weight is 334 g/mol. The van der Waals surface area contributed by atoms with Crippen molar-refractivity contribution in [2.24, 2.45) is 0 Å². The fraction of sp³-hybridized carbons (Fsp3) is 0.318. The van der Waals surface area contributed by atoms with Gasteiger partial charge in [0.1, 0.15) is 0 Å². The van der Waals surface area contributed by atoms with Crippen molar-refractivity contribution in [1.82, 2.24) is 10.2 Å². The first-order valence-corrected chi connectivity index (χ1v) is 9.12. The molecule has 0 heterocycles. The smallest absolute Gasteiger partial charge is 0.316 e. The van der Waals surface area contributed by atoms with Gasteiger partial charge in [0.15, 0.2) is 0 Å². The SMILES string of the molecule is O=C(NC=C1CCCCC1)N(Cc1ccccc1)Cc1ccccc1. The Morgan fingerprint density at radius 1 is 0.840 bits per heavy atom. The van der Waals surface area contributed by atoms with Gasteiger partial charge in [0.05, 0.1) is 0 Å². The van der Waals surface area contributed by atoms with Gasteiger partial charge in [-0.3, -0.25) is 0 Å². The van der Waals surface area contributed by atoms with Crippen molar-refractivity contribution in [3.05, 3.63) is 83.6 Å². The molecule has 3 nitrogen and oxygen atoms in total. The second kappa shape index (κ2) is 9.07. The van der Waals surface area contributed by atoms with E-state index >= 15 is 0 Å². The topological polar surface area (TPSA) is 32.3 Å². The number of benzene rings is 2. The zero-order valence-corrected chi connectivity index (χ0v) is 14.7. The van der Waals surface area contributed by atoms with Gasteiger partial charge in [-0.05, 0) is 36.8 Å². The van der Waals surface area contributed by atoms with Crippen LogP contribution in [0, 0.1) is 0 Å². The van der Waals surface area contributed by atoms with Crippen molar-refractivity contribution < 1.29 is 4.79 Å². The second-order valence-electron chi connectivity index (χ2n) is 6.64. The number of amides is 2. The summed E-state index contributed by atoms with van der Waals surface area (Å²) in [6.07, 6.45) is 7.93. The number of carbonyl (C=O) groups is 1. The molecule has 2 amide bonds. The Hall–Kier alpha value is -2.55. The lowest BCUT2D eigenvalue weighted by Gasteiger charge is -2.23. The molecule has 0 bridgehead atoms. The van der Waals surface area contributed by atoms with E-state index in [1.807, 2.05) is 47.5 Å². The quantitative estimate of drug-likeness (QED) is 0.796. The summed E-state index contributed by atoms with van der Waals surface area (Å²) in [5.74, 6) is 0. The van der Waals surface area contributed by atoms with E-state index in [4.69, 9.17) is 0 Å². The molecule has 0 aromatic heterocycles. The minimum absolute atomic E-state index is 0.0363. The molecule has 1 saturated carbocycles. The van der Waals surface area contributed by atoms with Crippen LogP contribution in [0.5, 0.6) is 0 Å². The van der Waals surface area contributed by atoms with Crippen LogP contribution in [-0.4, -0.2) is 10.9 Å². The number of hydrogen-bond donors (Lipinski definition) is 1. The van der Waals surface area contributed by atoms with E-state index in [2.05, 4.69) is 29.6 Å². The van der Waals surface area contributed by atoms with Gasteiger partial charge in [-0.15, -0.1) is 0 Å². The maximum Gasteiger partial charge on any atom is 0.321 e. The van der Waals surface area contributed by atoms with Gasteiger partial charge in [0.2, 0.25) is 0 Å². The summed E-state index contributed by atoms with van der Waals surface area (Å²) in [6.45, 7) is 1.20. The molecule has 0 saturated heterocycles. The van der Waals surface area contributed by atoms with Crippen molar-refractivity contribution in [2.45, 2.75) is 45.2 Å². The monoisotopic (exact) mass is 334 g/mol. The molecule has 1 N–H and O–H groups in total. The Morgan fingerprint density at radius 2 is 1.36 bits per heavy atom. The van der Waals surface area contributed by atoms with Crippen molar-refractivity contribution in [1.29, 1.82) is 0 Å². The third kappa shape index (κ3) is 5.49. The molecule has 1 aliphatic rings. The predicted molar refractivity (Wildman–Crippen MR) is 102 cm³/mol. The van der Waals surface area contributed by atoms with E-state index in [1.54, 1.807) is 0 Å². The van der Waals surface area contributed by atoms with E-state index in [9.17, 15) is 4.79 Å². The minimum Gasteiger partial charge on any atom is -0.316 e. The van der Waals surface area contributed by atoms with Gasteiger partial charge < -0.3 is 10.2 Å². The summed E-state index contributed by atoms with van der Waals surface area (Å²) in [4.78, 5) is 14.6. The molecule has 0 aliphatic heterocycles. The summed E-state index contributed by atoms with van der Waals surface area (Å²) < 4.78 is 0. The maximum absolute atomic E-state index is 12.8. The molecule has 1 aliphatic carbocycles. The lowest BCUT2D eigenvalue weighted by atomic mass is 9.96. The van der Waals surface area contributed by atoms with Crippen LogP contribution < -0.4 is 5.32 Å². The molecule has 2 aromatic rings. The van der Waals surface area contributed by atoms with Crippen LogP contribution in [-0.2, 0) is 13.1 Å². The van der Waals surface area contributed by atoms with Crippen LogP contribution in [0.2, 0.25) is 0 Å². The van der Waals surface area contributed by atoms with Gasteiger partial charge in [0, 0.05) is 19.3 Å². The van der Waals surface area contributed by atoms with Crippen molar-refractivity contribution in [3.63, 3.8) is 0 Å². The summed E-state index contributed by atoms with van der Waals surface area (Å²) >= 11 is 0. The van der Waals surface area contributed by atoms with Gasteiger partial charge in [-0.25, -0.2) is 4.79 Å². The minimum atomic E-state index is -0.0363. The highest BCUT2D eigenvalue weighted by atomic mass is 16.2. The predicted octanol–water partition coefficient (Wildman–Crippen LogP) is 5.25. The molecule has 2 aromatic carbocycles. The Kier molecular flexibility index (Phi) is 6.27. The van der Waals surface area contributed by atoms with Crippen LogP contribution in [0.3, 0.4) is 0 Å². The zero-order valence-electron chi connectivity index (χ0n) is 14.7. The molecule has 0 unspecified atom stereocenters. The van der Waals surface area contributed by atoms with E-state index in [0.29, 0.717) is 13.1 Å². The molecule has 0 atom stereocenters. The highest BCUT2D eigenvalue weighted by Gasteiger charge is 2.14. The third-order valence-corrected chi connectivity index (χ3v) is 4.62. The second-order valence-corrected chi connectivity index (χ2v) is 6.64. The van der Waals surface area contributed by atoms with Gasteiger partial charge in [-0.2, -0.15) is 0 Å². The standard InChI is InChI=1S/C22H26N2O/c25-22(23-16-19-10-4-1-5-11-19)24(17-20-12-6-2-7-13-20)18-21-14-8-3-9-15-21/h2-3,6-9,12-16H,1,4-5,10-11,17-18H2,(H,23,25). The van der Waals surface area contributed by atoms with Gasteiger partial charge in [-0.1, -0.05) is 72.7 Å². The van der Waals surface area contributed by atoms with Crippen LogP contribution >= 0.6 is 0 Å². The Bertz CT molecular complexity index is 645. The Morgan fingerprint density at radius 3 is 1.88 bits per heavy atom. The van der Waals surface area contributed by atoms with E-state index < -0.39 is 0 Å². The van der Waals surface area contributed by atoms with Crippen LogP contribution in [0.1, 0.15) is 43.2 Å². The maximum atomic E-state index is 12.8. The first-order chi connectivity index (χ1) is 12.3. The van der Waals surface area contributed by atoms with E-state index in [0.717, 1.165) is 24.0 Å². The van der Waals surface area contributed by atoms with Crippen molar-refractivity contribution in [2.75, 3.05) is 0 Å². The highest BCUT2D eigenvalue weighted by Crippen LogP contribution is 2.22. The first kappa shape index (κ1) is 17.3. The lowest BCUT2D eigenvalue weighted by Crippen LogP contribution is -2.36. The number of rotatable bonds is 5. The largest absolute Gasteiger partial charge is 0.321 e. The molecule has 0 spiro atoms. The summed E-state index contributed by atoms with van der Waals surface area (Å²) in [6, 6.07) is 20.2. The normalized spacial score (nSPS) is 14.0. The van der Waals surface area contributed by atoms with Gasteiger partial charge >= 0.3 is 6.03 Å². The van der Waals surface area contributed by atoms with E-state index in [1.165, 1.54) is 24.8 Å². The number of carbonyl (C=O) groups excluding carboxylic acids is 1. The van der Waals surface area contributed by atoms with E-state index in [-0.39, 0.29) is 6.03 Å². The number of nitrogens with one attached hydrogen (secondary N) is 1. The van der Waals surface area contributed by atoms with Crippen LogP contribution in [0.15, 0.2) is 72.4 Å². The molecule has 130 valence electrons. The average Bonchev–Trinajstić information content (AvgIpc) is 2.68. The van der Waals surface area contributed by atoms with Crippen LogP contribution in [0.25, 0.3) is 0 Å². The lowest BCUT2D eigenvalue weighted by molar-refractivity contribution is 0.196. The fourth-order valence-electron chi connectivity index (χ4n) is 3.21. The fourth-order valence-corrected chi connectivity index (χ4v) is 3.21. The molecule has 0 radical (unpaired) electrons. The van der Waals surface area contributed by atoms with Crippen molar-refractivity contribution >= 4 is 6.03 Å². The first-order valence-electron chi connectivity index (χ1n) is 9.12. The zero-order chi connectivity index (χ0) is 17.3. The summed E-state index contributed by atoms with van der Waals surface area (Å²) in [5, 5.41) is 3.02. The van der Waals surface area contributed by atoms with Gasteiger partial charge in [0.25, 0.3) is 0 Å². The van der Waals surface area contributed by atoms with Crippen molar-refractivity contribution in [3.8, 4) is 0 Å². The number of urea groups is 1. The number of nitrogens with zero attached hydrogens (tertiary/aromatic N) is 1.